The second kappa shape index (κ2) is 13.4. The van der Waals surface area contributed by atoms with Gasteiger partial charge in [0.15, 0.2) is 25.0 Å². The van der Waals surface area contributed by atoms with Crippen LogP contribution in [0.2, 0.25) is 0 Å². The van der Waals surface area contributed by atoms with Gasteiger partial charge >= 0.3 is 11.9 Å². The number of esters is 2. The first-order valence-electron chi connectivity index (χ1n) is 12.2. The Morgan fingerprint density at radius 3 is 1.90 bits per heavy atom. The number of hydrogen-bond acceptors (Lipinski definition) is 17. The highest BCUT2D eigenvalue weighted by Gasteiger charge is 2.52. The topological polar surface area (TPSA) is 261 Å². The van der Waals surface area contributed by atoms with Crippen molar-refractivity contribution in [2.45, 2.75) is 113 Å². The molecule has 0 aliphatic carbocycles. The van der Waals surface area contributed by atoms with E-state index in [0.29, 0.717) is 0 Å². The van der Waals surface area contributed by atoms with E-state index in [1.165, 1.54) is 6.92 Å². The van der Waals surface area contributed by atoms with Gasteiger partial charge in [-0.2, -0.15) is 0 Å². The average molecular weight is 573 g/mol. The molecule has 226 valence electrons. The van der Waals surface area contributed by atoms with Gasteiger partial charge in [-0.15, -0.1) is 0 Å². The minimum atomic E-state index is -1.84. The molecule has 8 N–H and O–H groups in total. The maximum Gasteiger partial charge on any atom is 0.303 e. The third kappa shape index (κ3) is 7.39. The van der Waals surface area contributed by atoms with Gasteiger partial charge in [-0.25, -0.2) is 0 Å². The second-order valence-electron chi connectivity index (χ2n) is 9.56. The summed E-state index contributed by atoms with van der Waals surface area (Å²) in [7, 11) is 0. The Morgan fingerprint density at radius 2 is 1.28 bits per heavy atom. The molecule has 15 atom stereocenters. The monoisotopic (exact) mass is 572 g/mol. The van der Waals surface area contributed by atoms with Crippen LogP contribution in [0.25, 0.3) is 0 Å². The van der Waals surface area contributed by atoms with E-state index in [9.17, 15) is 50.4 Å². The summed E-state index contributed by atoms with van der Waals surface area (Å²) in [6.45, 7) is 2.44. The van der Waals surface area contributed by atoms with Gasteiger partial charge in [0.25, 0.3) is 0 Å². The molecule has 3 rings (SSSR count). The lowest BCUT2D eigenvalue weighted by atomic mass is 9.97. The van der Waals surface area contributed by atoms with E-state index in [1.54, 1.807) is 0 Å². The molecule has 0 unspecified atom stereocenters. The molecule has 3 aliphatic heterocycles. The van der Waals surface area contributed by atoms with Gasteiger partial charge in [-0.05, 0) is 6.92 Å². The highest BCUT2D eigenvalue weighted by Crippen LogP contribution is 2.31. The molecular weight excluding hydrogens is 536 g/mol. The fraction of sp³-hybridized carbons (Fsp3) is 0.909. The molecule has 0 amide bonds. The van der Waals surface area contributed by atoms with Gasteiger partial charge in [0.1, 0.15) is 67.6 Å². The summed E-state index contributed by atoms with van der Waals surface area (Å²) in [4.78, 5) is 23.0. The lowest BCUT2D eigenvalue weighted by Crippen LogP contribution is -2.65. The van der Waals surface area contributed by atoms with Crippen molar-refractivity contribution in [2.75, 3.05) is 13.2 Å². The van der Waals surface area contributed by atoms with Crippen LogP contribution in [0.5, 0.6) is 0 Å². The van der Waals surface area contributed by atoms with Crippen molar-refractivity contribution in [3.63, 3.8) is 0 Å². The average Bonchev–Trinajstić information content (AvgIpc) is 2.87. The standard InChI is InChI=1S/C22H36O17/c1-6-11(25)14(28)19(36-8(3)24)22(35-6)39-18-10(5-33-7(2)23)38-21(17(31)15(18)29)34-4-9-12(26)13(27)16(30)20(32)37-9/h6,9-22,25-32H,4-5H2,1-3H3/t6-,9+,10+,11-,12+,13-,14+,15+,16+,17+,18+,19+,20+,21+,22-/m0/s1. The molecule has 0 radical (unpaired) electrons. The molecule has 0 aromatic rings. The minimum Gasteiger partial charge on any atom is -0.463 e. The first-order chi connectivity index (χ1) is 18.2. The third-order valence-corrected chi connectivity index (χ3v) is 6.58. The van der Waals surface area contributed by atoms with Gasteiger partial charge in [0.2, 0.25) is 0 Å². The van der Waals surface area contributed by atoms with E-state index in [4.69, 9.17) is 33.2 Å². The van der Waals surface area contributed by atoms with E-state index in [2.05, 4.69) is 0 Å². The number of aliphatic hydroxyl groups excluding tert-OH is 8. The Balaban J connectivity index is 1.75. The molecule has 3 fully saturated rings. The fourth-order valence-electron chi connectivity index (χ4n) is 4.39. The van der Waals surface area contributed by atoms with E-state index >= 15 is 0 Å². The van der Waals surface area contributed by atoms with Gasteiger partial charge < -0.3 is 74.0 Å². The molecule has 3 heterocycles. The highest BCUT2D eigenvalue weighted by atomic mass is 16.8. The normalized spacial score (nSPS) is 46.9. The minimum absolute atomic E-state index is 0.526. The highest BCUT2D eigenvalue weighted by molar-refractivity contribution is 5.66. The lowest BCUT2D eigenvalue weighted by Gasteiger charge is -2.46. The smallest absolute Gasteiger partial charge is 0.303 e. The lowest BCUT2D eigenvalue weighted by molar-refractivity contribution is -0.362. The van der Waals surface area contributed by atoms with Crippen molar-refractivity contribution in [1.82, 2.24) is 0 Å². The van der Waals surface area contributed by atoms with Crippen LogP contribution in [0.4, 0.5) is 0 Å². The molecule has 17 nitrogen and oxygen atoms in total. The third-order valence-electron chi connectivity index (χ3n) is 6.58. The van der Waals surface area contributed by atoms with Gasteiger partial charge in [-0.3, -0.25) is 9.59 Å². The maximum atomic E-state index is 11.6. The van der Waals surface area contributed by atoms with E-state index < -0.39 is 117 Å². The molecule has 17 heteroatoms. The van der Waals surface area contributed by atoms with Crippen molar-refractivity contribution >= 4 is 11.9 Å². The zero-order valence-corrected chi connectivity index (χ0v) is 21.3. The Hall–Kier alpha value is -1.58. The van der Waals surface area contributed by atoms with Crippen LogP contribution < -0.4 is 0 Å². The zero-order chi connectivity index (χ0) is 29.2. The molecule has 3 saturated heterocycles. The SMILES string of the molecule is CC(=O)OC[C@H]1O[C@@H](OC[C@H]2O[C@@H](O)[C@H](O)[C@@H](O)[C@@H]2O)[C@H](O)[C@@H](O)[C@@H]1O[C@@H]1O[C@@H](C)[C@H](O)[C@@H](O)[C@H]1OC(C)=O. The summed E-state index contributed by atoms with van der Waals surface area (Å²) < 4.78 is 37.4. The first kappa shape index (κ1) is 31.9. The predicted octanol–water partition coefficient (Wildman–Crippen LogP) is -5.40. The first-order valence-corrected chi connectivity index (χ1v) is 12.2. The molecule has 3 aliphatic rings. The number of carbonyl (C=O) groups is 2. The fourth-order valence-corrected chi connectivity index (χ4v) is 4.39. The summed E-state index contributed by atoms with van der Waals surface area (Å²) in [6, 6.07) is 0. The van der Waals surface area contributed by atoms with Gasteiger partial charge in [0.05, 0.1) is 12.7 Å². The van der Waals surface area contributed by atoms with Crippen molar-refractivity contribution in [3.05, 3.63) is 0 Å². The molecular formula is C22H36O17. The van der Waals surface area contributed by atoms with Crippen LogP contribution in [-0.4, -0.2) is 158 Å². The van der Waals surface area contributed by atoms with Crippen LogP contribution in [0, 0.1) is 0 Å². The summed E-state index contributed by atoms with van der Waals surface area (Å²) >= 11 is 0. The van der Waals surface area contributed by atoms with Gasteiger partial charge in [0, 0.05) is 13.8 Å². The number of carbonyl (C=O) groups excluding carboxylic acids is 2. The summed E-state index contributed by atoms with van der Waals surface area (Å²) in [5.41, 5.74) is 0. The summed E-state index contributed by atoms with van der Waals surface area (Å²) in [5, 5.41) is 81.4. The summed E-state index contributed by atoms with van der Waals surface area (Å²) in [6.07, 6.45) is -23.8. The second-order valence-corrected chi connectivity index (χ2v) is 9.56. The largest absolute Gasteiger partial charge is 0.463 e. The predicted molar refractivity (Wildman–Crippen MR) is 119 cm³/mol. The van der Waals surface area contributed by atoms with E-state index in [1.807, 2.05) is 0 Å². The Bertz CT molecular complexity index is 828. The van der Waals surface area contributed by atoms with Crippen molar-refractivity contribution in [3.8, 4) is 0 Å². The maximum absolute atomic E-state index is 11.6. The van der Waals surface area contributed by atoms with E-state index in [0.717, 1.165) is 13.8 Å². The molecule has 0 aromatic carbocycles. The van der Waals surface area contributed by atoms with Crippen molar-refractivity contribution in [1.29, 1.82) is 0 Å². The van der Waals surface area contributed by atoms with Crippen molar-refractivity contribution in [2.24, 2.45) is 0 Å². The van der Waals surface area contributed by atoms with Crippen LogP contribution in [-0.2, 0) is 42.7 Å². The van der Waals surface area contributed by atoms with Crippen LogP contribution in [0.1, 0.15) is 20.8 Å². The Labute approximate surface area is 222 Å². The van der Waals surface area contributed by atoms with Crippen LogP contribution in [0.15, 0.2) is 0 Å². The number of rotatable bonds is 8. The van der Waals surface area contributed by atoms with Crippen LogP contribution >= 0.6 is 0 Å². The molecule has 39 heavy (non-hydrogen) atoms. The Kier molecular flexibility index (Phi) is 11.0. The number of hydrogen-bond donors (Lipinski definition) is 8. The van der Waals surface area contributed by atoms with E-state index in [-0.39, 0.29) is 0 Å². The van der Waals surface area contributed by atoms with Gasteiger partial charge in [-0.1, -0.05) is 0 Å². The van der Waals surface area contributed by atoms with Crippen LogP contribution in [0.3, 0.4) is 0 Å². The molecule has 0 bridgehead atoms. The number of aliphatic hydroxyl groups is 8. The molecule has 0 aromatic heterocycles. The molecule has 0 spiro atoms. The number of ether oxygens (including phenoxy) is 7. The Morgan fingerprint density at radius 1 is 0.641 bits per heavy atom. The molecule has 0 saturated carbocycles. The zero-order valence-electron chi connectivity index (χ0n) is 21.3. The summed E-state index contributed by atoms with van der Waals surface area (Å²) in [5.74, 6) is -1.56. The van der Waals surface area contributed by atoms with Crippen molar-refractivity contribution < 1.29 is 83.6 Å². The quantitative estimate of drug-likeness (QED) is 0.126.